The molecule has 2 aromatic rings. The predicted octanol–water partition coefficient (Wildman–Crippen LogP) is 2.76. The fourth-order valence-corrected chi connectivity index (χ4v) is 4.95. The second-order valence-corrected chi connectivity index (χ2v) is 8.74. The fourth-order valence-electron chi connectivity index (χ4n) is 3.32. The van der Waals surface area contributed by atoms with Gasteiger partial charge >= 0.3 is 0 Å². The zero-order valence-electron chi connectivity index (χ0n) is 15.4. The molecule has 1 fully saturated rings. The maximum Gasteiger partial charge on any atom is 0.253 e. The van der Waals surface area contributed by atoms with E-state index in [2.05, 4.69) is 0 Å². The molecule has 1 aliphatic rings. The number of carbonyl (C=O) groups is 1. The summed E-state index contributed by atoms with van der Waals surface area (Å²) in [6.45, 7) is 7.13. The molecular formula is C20H24N2O3S. The van der Waals surface area contributed by atoms with Crippen LogP contribution in [0.4, 0.5) is 0 Å². The maximum absolute atomic E-state index is 12.9. The summed E-state index contributed by atoms with van der Waals surface area (Å²) in [7, 11) is -3.53. The zero-order chi connectivity index (χ0) is 18.9. The molecule has 1 aliphatic heterocycles. The van der Waals surface area contributed by atoms with E-state index < -0.39 is 10.0 Å². The summed E-state index contributed by atoms with van der Waals surface area (Å²) in [5.74, 6) is -0.0442. The van der Waals surface area contributed by atoms with Gasteiger partial charge in [-0.1, -0.05) is 35.4 Å². The lowest BCUT2D eigenvalue weighted by molar-refractivity contribution is 0.0698. The van der Waals surface area contributed by atoms with Gasteiger partial charge in [0.15, 0.2) is 0 Å². The molecule has 0 spiro atoms. The van der Waals surface area contributed by atoms with Gasteiger partial charge in [-0.3, -0.25) is 4.79 Å². The summed E-state index contributed by atoms with van der Waals surface area (Å²) in [5.41, 5.74) is 3.47. The van der Waals surface area contributed by atoms with E-state index in [-0.39, 0.29) is 5.91 Å². The highest BCUT2D eigenvalue weighted by Crippen LogP contribution is 2.22. The van der Waals surface area contributed by atoms with E-state index in [0.29, 0.717) is 36.6 Å². The smallest absolute Gasteiger partial charge is 0.253 e. The van der Waals surface area contributed by atoms with Gasteiger partial charge in [0.05, 0.1) is 4.90 Å². The summed E-state index contributed by atoms with van der Waals surface area (Å²) < 4.78 is 27.3. The average Bonchev–Trinajstić information content (AvgIpc) is 2.61. The Kier molecular flexibility index (Phi) is 5.16. The van der Waals surface area contributed by atoms with Crippen LogP contribution in [0.3, 0.4) is 0 Å². The zero-order valence-corrected chi connectivity index (χ0v) is 16.2. The number of nitrogens with zero attached hydrogens (tertiary/aromatic N) is 2. The number of sulfonamides is 1. The number of benzene rings is 2. The van der Waals surface area contributed by atoms with Gasteiger partial charge in [-0.15, -0.1) is 0 Å². The monoisotopic (exact) mass is 372 g/mol. The van der Waals surface area contributed by atoms with Gasteiger partial charge in [0.1, 0.15) is 0 Å². The molecule has 5 nitrogen and oxygen atoms in total. The SMILES string of the molecule is Cc1cccc(C(=O)N2CCN(S(=O)(=O)c3ccc(C)cc3C)CC2)c1. The van der Waals surface area contributed by atoms with E-state index in [4.69, 9.17) is 0 Å². The third kappa shape index (κ3) is 3.66. The molecule has 0 aromatic heterocycles. The Morgan fingerprint density at radius 1 is 0.885 bits per heavy atom. The molecule has 0 saturated carbocycles. The van der Waals surface area contributed by atoms with Crippen molar-refractivity contribution in [3.8, 4) is 0 Å². The molecule has 138 valence electrons. The predicted molar refractivity (Wildman–Crippen MR) is 102 cm³/mol. The Morgan fingerprint density at radius 3 is 2.15 bits per heavy atom. The first-order chi connectivity index (χ1) is 12.3. The third-order valence-electron chi connectivity index (χ3n) is 4.74. The molecule has 1 saturated heterocycles. The van der Waals surface area contributed by atoms with Crippen molar-refractivity contribution < 1.29 is 13.2 Å². The molecule has 0 unspecified atom stereocenters. The standard InChI is InChI=1S/C20H24N2O3S/c1-15-5-4-6-18(14-15)20(23)21-9-11-22(12-10-21)26(24,25)19-8-7-16(2)13-17(19)3/h4-8,13-14H,9-12H2,1-3H3. The van der Waals surface area contributed by atoms with Gasteiger partial charge in [-0.05, 0) is 44.5 Å². The van der Waals surface area contributed by atoms with Crippen molar-refractivity contribution in [2.75, 3.05) is 26.2 Å². The van der Waals surface area contributed by atoms with Crippen molar-refractivity contribution in [3.63, 3.8) is 0 Å². The molecule has 0 aliphatic carbocycles. The number of piperazine rings is 1. The van der Waals surface area contributed by atoms with Crippen molar-refractivity contribution in [2.45, 2.75) is 25.7 Å². The summed E-state index contributed by atoms with van der Waals surface area (Å²) in [6, 6.07) is 12.8. The molecule has 0 radical (unpaired) electrons. The molecule has 1 heterocycles. The Bertz CT molecular complexity index is 930. The minimum Gasteiger partial charge on any atom is -0.336 e. The highest BCUT2D eigenvalue weighted by atomic mass is 32.2. The second kappa shape index (κ2) is 7.21. The first kappa shape index (κ1) is 18.6. The molecule has 1 amide bonds. The number of hydrogen-bond donors (Lipinski definition) is 0. The molecule has 6 heteroatoms. The maximum atomic E-state index is 12.9. The van der Waals surface area contributed by atoms with Crippen LogP contribution in [0.15, 0.2) is 47.4 Å². The summed E-state index contributed by atoms with van der Waals surface area (Å²) >= 11 is 0. The fraction of sp³-hybridized carbons (Fsp3) is 0.350. The van der Waals surface area contributed by atoms with Gasteiger partial charge in [-0.2, -0.15) is 4.31 Å². The average molecular weight is 372 g/mol. The lowest BCUT2D eigenvalue weighted by Crippen LogP contribution is -2.50. The third-order valence-corrected chi connectivity index (χ3v) is 6.80. The quantitative estimate of drug-likeness (QED) is 0.832. The molecule has 0 bridgehead atoms. The van der Waals surface area contributed by atoms with E-state index >= 15 is 0 Å². The van der Waals surface area contributed by atoms with Crippen molar-refractivity contribution in [3.05, 3.63) is 64.7 Å². The largest absolute Gasteiger partial charge is 0.336 e. The Morgan fingerprint density at radius 2 is 1.54 bits per heavy atom. The van der Waals surface area contributed by atoms with Crippen LogP contribution < -0.4 is 0 Å². The van der Waals surface area contributed by atoms with Gasteiger partial charge in [0.2, 0.25) is 10.0 Å². The van der Waals surface area contributed by atoms with Crippen LogP contribution in [-0.2, 0) is 10.0 Å². The van der Waals surface area contributed by atoms with Crippen LogP contribution in [0.1, 0.15) is 27.0 Å². The van der Waals surface area contributed by atoms with Crippen LogP contribution in [0.25, 0.3) is 0 Å². The summed E-state index contributed by atoms with van der Waals surface area (Å²) in [5, 5.41) is 0. The number of carbonyl (C=O) groups excluding carboxylic acids is 1. The number of aryl methyl sites for hydroxylation is 3. The van der Waals surface area contributed by atoms with E-state index in [1.807, 2.05) is 51.1 Å². The van der Waals surface area contributed by atoms with Crippen LogP contribution in [0.2, 0.25) is 0 Å². The minimum atomic E-state index is -3.53. The molecular weight excluding hydrogens is 348 g/mol. The highest BCUT2D eigenvalue weighted by Gasteiger charge is 2.31. The highest BCUT2D eigenvalue weighted by molar-refractivity contribution is 7.89. The lowest BCUT2D eigenvalue weighted by atomic mass is 10.1. The van der Waals surface area contributed by atoms with E-state index in [1.54, 1.807) is 17.0 Å². The minimum absolute atomic E-state index is 0.0442. The Labute approximate surface area is 155 Å². The van der Waals surface area contributed by atoms with E-state index in [9.17, 15) is 13.2 Å². The van der Waals surface area contributed by atoms with Gasteiger partial charge in [-0.25, -0.2) is 8.42 Å². The van der Waals surface area contributed by atoms with E-state index in [0.717, 1.165) is 16.7 Å². The van der Waals surface area contributed by atoms with Crippen molar-refractivity contribution in [1.82, 2.24) is 9.21 Å². The van der Waals surface area contributed by atoms with Gasteiger partial charge < -0.3 is 4.90 Å². The van der Waals surface area contributed by atoms with Crippen molar-refractivity contribution >= 4 is 15.9 Å². The van der Waals surface area contributed by atoms with Gasteiger partial charge in [0, 0.05) is 31.7 Å². The summed E-state index contributed by atoms with van der Waals surface area (Å²) in [6.07, 6.45) is 0. The number of amides is 1. The van der Waals surface area contributed by atoms with Crippen LogP contribution in [0, 0.1) is 20.8 Å². The van der Waals surface area contributed by atoms with Crippen molar-refractivity contribution in [2.24, 2.45) is 0 Å². The summed E-state index contributed by atoms with van der Waals surface area (Å²) in [4.78, 5) is 14.7. The Balaban J connectivity index is 1.72. The van der Waals surface area contributed by atoms with E-state index in [1.165, 1.54) is 4.31 Å². The van der Waals surface area contributed by atoms with Crippen molar-refractivity contribution in [1.29, 1.82) is 0 Å². The second-order valence-electron chi connectivity index (χ2n) is 6.83. The molecule has 2 aromatic carbocycles. The molecule has 0 atom stereocenters. The molecule has 26 heavy (non-hydrogen) atoms. The molecule has 3 rings (SSSR count). The van der Waals surface area contributed by atoms with Crippen LogP contribution in [-0.4, -0.2) is 49.7 Å². The first-order valence-electron chi connectivity index (χ1n) is 8.72. The number of hydrogen-bond acceptors (Lipinski definition) is 3. The molecule has 0 N–H and O–H groups in total. The first-order valence-corrected chi connectivity index (χ1v) is 10.2. The Hall–Kier alpha value is -2.18. The lowest BCUT2D eigenvalue weighted by Gasteiger charge is -2.34. The topological polar surface area (TPSA) is 57.7 Å². The normalized spacial score (nSPS) is 15.9. The van der Waals surface area contributed by atoms with Crippen LogP contribution >= 0.6 is 0 Å². The number of rotatable bonds is 3. The van der Waals surface area contributed by atoms with Gasteiger partial charge in [0.25, 0.3) is 5.91 Å². The van der Waals surface area contributed by atoms with Crippen LogP contribution in [0.5, 0.6) is 0 Å².